The van der Waals surface area contributed by atoms with Crippen molar-refractivity contribution in [2.75, 3.05) is 0 Å². The van der Waals surface area contributed by atoms with E-state index in [0.29, 0.717) is 11.7 Å². The number of aromatic nitrogens is 4. The van der Waals surface area contributed by atoms with Gasteiger partial charge in [-0.15, -0.1) is 0 Å². The van der Waals surface area contributed by atoms with Crippen molar-refractivity contribution in [3.05, 3.63) is 39.7 Å². The molecule has 0 radical (unpaired) electrons. The van der Waals surface area contributed by atoms with Gasteiger partial charge in [0.15, 0.2) is 10.8 Å². The minimum absolute atomic E-state index is 0.0629. The van der Waals surface area contributed by atoms with Gasteiger partial charge in [0.2, 0.25) is 0 Å². The predicted octanol–water partition coefficient (Wildman–Crippen LogP) is 1.49. The normalized spacial score (nSPS) is 15.3. The molecular weight excluding hydrogens is 228 g/mol. The molecule has 2 aromatic rings. The van der Waals surface area contributed by atoms with Crippen LogP contribution in [0.15, 0.2) is 23.4 Å². The molecule has 1 fully saturated rings. The van der Waals surface area contributed by atoms with E-state index >= 15 is 0 Å². The van der Waals surface area contributed by atoms with Crippen LogP contribution in [0.25, 0.3) is 5.82 Å². The van der Waals surface area contributed by atoms with Crippen molar-refractivity contribution in [2.24, 2.45) is 0 Å². The van der Waals surface area contributed by atoms with E-state index in [1.54, 1.807) is 10.9 Å². The van der Waals surface area contributed by atoms with Crippen LogP contribution in [0.2, 0.25) is 5.02 Å². The van der Waals surface area contributed by atoms with Gasteiger partial charge in [0.25, 0.3) is 5.56 Å². The van der Waals surface area contributed by atoms with Crippen LogP contribution in [0.3, 0.4) is 0 Å². The second kappa shape index (κ2) is 3.45. The molecule has 1 N–H and O–H groups in total. The zero-order chi connectivity index (χ0) is 11.1. The highest BCUT2D eigenvalue weighted by atomic mass is 35.5. The zero-order valence-electron chi connectivity index (χ0n) is 8.35. The monoisotopic (exact) mass is 236 g/mol. The molecule has 1 aliphatic carbocycles. The maximum atomic E-state index is 11.3. The van der Waals surface area contributed by atoms with Crippen LogP contribution in [-0.4, -0.2) is 19.7 Å². The number of nitrogens with one attached hydrogen (secondary N) is 1. The molecule has 16 heavy (non-hydrogen) atoms. The Bertz CT molecular complexity index is 585. The Labute approximate surface area is 96.1 Å². The fraction of sp³-hybridized carbons (Fsp3) is 0.300. The number of rotatable bonds is 2. The van der Waals surface area contributed by atoms with Crippen molar-refractivity contribution in [3.63, 3.8) is 0 Å². The molecule has 0 spiro atoms. The third kappa shape index (κ3) is 1.53. The average molecular weight is 237 g/mol. The Morgan fingerprint density at radius 3 is 3.06 bits per heavy atom. The lowest BCUT2D eigenvalue weighted by Crippen LogP contribution is -2.12. The lowest BCUT2D eigenvalue weighted by Gasteiger charge is -2.00. The molecule has 2 heterocycles. The summed E-state index contributed by atoms with van der Waals surface area (Å²) in [4.78, 5) is 17.7. The van der Waals surface area contributed by atoms with E-state index in [2.05, 4.69) is 15.1 Å². The van der Waals surface area contributed by atoms with Gasteiger partial charge < -0.3 is 4.98 Å². The van der Waals surface area contributed by atoms with Crippen molar-refractivity contribution in [2.45, 2.75) is 18.8 Å². The first-order chi connectivity index (χ1) is 7.75. The Hall–Kier alpha value is -1.62. The standard InChI is InChI=1S/C10H9ClN4O/c11-8-9(12-5-13-10(8)16)15-4-3-7(14-15)6-1-2-6/h3-6H,1-2H2,(H,12,13,16). The highest BCUT2D eigenvalue weighted by Gasteiger charge is 2.26. The predicted molar refractivity (Wildman–Crippen MR) is 59.0 cm³/mol. The number of halogens is 1. The summed E-state index contributed by atoms with van der Waals surface area (Å²) in [6, 6.07) is 1.94. The number of hydrogen-bond acceptors (Lipinski definition) is 3. The topological polar surface area (TPSA) is 63.6 Å². The van der Waals surface area contributed by atoms with Gasteiger partial charge in [0.1, 0.15) is 0 Å². The summed E-state index contributed by atoms with van der Waals surface area (Å²) in [5.41, 5.74) is 0.688. The van der Waals surface area contributed by atoms with Gasteiger partial charge in [-0.3, -0.25) is 4.79 Å². The van der Waals surface area contributed by atoms with Gasteiger partial charge in [0, 0.05) is 12.1 Å². The molecule has 5 nitrogen and oxygen atoms in total. The first-order valence-corrected chi connectivity index (χ1v) is 5.42. The van der Waals surface area contributed by atoms with E-state index < -0.39 is 0 Å². The highest BCUT2D eigenvalue weighted by Crippen LogP contribution is 2.39. The van der Waals surface area contributed by atoms with Gasteiger partial charge in [-0.25, -0.2) is 9.67 Å². The Morgan fingerprint density at radius 2 is 2.31 bits per heavy atom. The van der Waals surface area contributed by atoms with Crippen LogP contribution < -0.4 is 5.56 Å². The Morgan fingerprint density at radius 1 is 1.50 bits per heavy atom. The second-order valence-corrected chi connectivity index (χ2v) is 4.21. The molecule has 0 atom stereocenters. The Kier molecular flexibility index (Phi) is 2.07. The molecule has 1 saturated carbocycles. The van der Waals surface area contributed by atoms with Crippen molar-refractivity contribution in [1.29, 1.82) is 0 Å². The van der Waals surface area contributed by atoms with Crippen LogP contribution >= 0.6 is 11.6 Å². The molecule has 3 rings (SSSR count). The van der Waals surface area contributed by atoms with E-state index in [4.69, 9.17) is 11.6 Å². The summed E-state index contributed by atoms with van der Waals surface area (Å²) < 4.78 is 1.55. The molecule has 0 bridgehead atoms. The van der Waals surface area contributed by atoms with Crippen LogP contribution in [0.4, 0.5) is 0 Å². The lowest BCUT2D eigenvalue weighted by molar-refractivity contribution is 0.805. The van der Waals surface area contributed by atoms with Crippen molar-refractivity contribution >= 4 is 11.6 Å². The van der Waals surface area contributed by atoms with Crippen LogP contribution in [-0.2, 0) is 0 Å². The quantitative estimate of drug-likeness (QED) is 0.859. The smallest absolute Gasteiger partial charge is 0.271 e. The third-order valence-electron chi connectivity index (χ3n) is 2.60. The van der Waals surface area contributed by atoms with Gasteiger partial charge in [-0.1, -0.05) is 11.6 Å². The summed E-state index contributed by atoms with van der Waals surface area (Å²) in [6.07, 6.45) is 5.48. The van der Waals surface area contributed by atoms with Gasteiger partial charge in [-0.2, -0.15) is 5.10 Å². The number of hydrogen-bond donors (Lipinski definition) is 1. The Balaban J connectivity index is 2.07. The molecule has 0 aromatic carbocycles. The van der Waals surface area contributed by atoms with Crippen LogP contribution in [0.5, 0.6) is 0 Å². The molecule has 0 amide bonds. The maximum absolute atomic E-state index is 11.3. The number of aromatic amines is 1. The summed E-state index contributed by atoms with van der Waals surface area (Å²) in [7, 11) is 0. The maximum Gasteiger partial charge on any atom is 0.271 e. The fourth-order valence-electron chi connectivity index (χ4n) is 1.59. The van der Waals surface area contributed by atoms with E-state index in [1.165, 1.54) is 19.2 Å². The second-order valence-electron chi connectivity index (χ2n) is 3.83. The van der Waals surface area contributed by atoms with Gasteiger partial charge >= 0.3 is 0 Å². The van der Waals surface area contributed by atoms with Crippen molar-refractivity contribution < 1.29 is 0 Å². The molecule has 6 heteroatoms. The van der Waals surface area contributed by atoms with Crippen molar-refractivity contribution in [1.82, 2.24) is 19.7 Å². The fourth-order valence-corrected chi connectivity index (χ4v) is 1.78. The number of nitrogens with zero attached hydrogens (tertiary/aromatic N) is 3. The zero-order valence-corrected chi connectivity index (χ0v) is 9.11. The molecular formula is C10H9ClN4O. The van der Waals surface area contributed by atoms with Crippen LogP contribution in [0.1, 0.15) is 24.5 Å². The largest absolute Gasteiger partial charge is 0.312 e. The average Bonchev–Trinajstić information content (AvgIpc) is 3.02. The minimum atomic E-state index is -0.352. The molecule has 2 aromatic heterocycles. The van der Waals surface area contributed by atoms with E-state index in [-0.39, 0.29) is 10.6 Å². The molecule has 0 unspecified atom stereocenters. The number of H-pyrrole nitrogens is 1. The molecule has 0 aliphatic heterocycles. The molecule has 1 aliphatic rings. The molecule has 0 saturated heterocycles. The van der Waals surface area contributed by atoms with Crippen LogP contribution in [0, 0.1) is 0 Å². The van der Waals surface area contributed by atoms with E-state index in [9.17, 15) is 4.79 Å². The summed E-state index contributed by atoms with van der Waals surface area (Å²) in [5.74, 6) is 0.944. The SMILES string of the molecule is O=c1[nH]cnc(-n2ccc(C3CC3)n2)c1Cl. The highest BCUT2D eigenvalue weighted by molar-refractivity contribution is 6.31. The molecule has 82 valence electrons. The minimum Gasteiger partial charge on any atom is -0.312 e. The van der Waals surface area contributed by atoms with Gasteiger partial charge in [0.05, 0.1) is 12.0 Å². The van der Waals surface area contributed by atoms with Crippen molar-refractivity contribution in [3.8, 4) is 5.82 Å². The summed E-state index contributed by atoms with van der Waals surface area (Å²) >= 11 is 5.87. The van der Waals surface area contributed by atoms with E-state index in [0.717, 1.165) is 5.69 Å². The van der Waals surface area contributed by atoms with E-state index in [1.807, 2.05) is 6.07 Å². The first-order valence-electron chi connectivity index (χ1n) is 5.05. The third-order valence-corrected chi connectivity index (χ3v) is 2.94. The summed E-state index contributed by atoms with van der Waals surface area (Å²) in [5, 5.41) is 4.42. The summed E-state index contributed by atoms with van der Waals surface area (Å²) in [6.45, 7) is 0. The lowest BCUT2D eigenvalue weighted by atomic mass is 10.3. The van der Waals surface area contributed by atoms with Gasteiger partial charge in [-0.05, 0) is 18.9 Å². The first kappa shape index (κ1) is 9.59.